The third-order valence-corrected chi connectivity index (χ3v) is 2.01. The summed E-state index contributed by atoms with van der Waals surface area (Å²) >= 11 is 11.2. The number of nitrogens with zero attached hydrogens (tertiary/aromatic N) is 1. The van der Waals surface area contributed by atoms with Gasteiger partial charge in [0.25, 0.3) is 0 Å². The Bertz CT molecular complexity index is 97.1. The predicted molar refractivity (Wildman–Crippen MR) is 53.9 cm³/mol. The first-order valence-corrected chi connectivity index (χ1v) is 5.34. The molecule has 1 atom stereocenters. The van der Waals surface area contributed by atoms with E-state index in [0.717, 1.165) is 13.0 Å². The molecule has 0 N–H and O–H groups in total. The van der Waals surface area contributed by atoms with Crippen LogP contribution >= 0.6 is 23.2 Å². The number of alkyl halides is 2. The van der Waals surface area contributed by atoms with Gasteiger partial charge in [0.1, 0.15) is 0 Å². The van der Waals surface area contributed by atoms with Crippen molar-refractivity contribution in [3.05, 3.63) is 0 Å². The van der Waals surface area contributed by atoms with Crippen molar-refractivity contribution in [2.75, 3.05) is 24.9 Å². The molecule has 0 saturated carbocycles. The molecular weight excluding hydrogens is 197 g/mol. The molecule has 12 heavy (non-hydrogen) atoms. The molecule has 74 valence electrons. The minimum absolute atomic E-state index is 0.348. The maximum atomic E-state index is 5.63. The molecule has 0 radical (unpaired) electrons. The first-order chi connectivity index (χ1) is 5.76. The maximum Gasteiger partial charge on any atom is 0.0657 e. The van der Waals surface area contributed by atoms with Gasteiger partial charge in [0.2, 0.25) is 0 Å². The highest BCUT2D eigenvalue weighted by Gasteiger charge is 2.12. The zero-order chi connectivity index (χ0) is 9.40. The van der Waals surface area contributed by atoms with E-state index in [1.54, 1.807) is 0 Å². The van der Waals surface area contributed by atoms with Gasteiger partial charge in [-0.3, -0.25) is 4.84 Å². The second kappa shape index (κ2) is 8.11. The summed E-state index contributed by atoms with van der Waals surface area (Å²) in [6.45, 7) is 5.50. The number of rotatable bonds is 7. The summed E-state index contributed by atoms with van der Waals surface area (Å²) in [5.41, 5.74) is 0. The van der Waals surface area contributed by atoms with Crippen molar-refractivity contribution in [3.8, 4) is 0 Å². The van der Waals surface area contributed by atoms with Crippen LogP contribution in [0.15, 0.2) is 0 Å². The van der Waals surface area contributed by atoms with Gasteiger partial charge in [-0.25, -0.2) is 0 Å². The van der Waals surface area contributed by atoms with Crippen molar-refractivity contribution < 1.29 is 4.84 Å². The Labute approximate surface area is 84.7 Å². The average Bonchev–Trinajstić information content (AvgIpc) is 2.04. The van der Waals surface area contributed by atoms with Crippen LogP contribution < -0.4 is 0 Å². The van der Waals surface area contributed by atoms with Crippen LogP contribution in [0.5, 0.6) is 0 Å². The van der Waals surface area contributed by atoms with Gasteiger partial charge in [-0.05, 0) is 20.3 Å². The van der Waals surface area contributed by atoms with E-state index in [9.17, 15) is 0 Å². The Hall–Kier alpha value is 0.500. The Balaban J connectivity index is 3.72. The quantitative estimate of drug-likeness (QED) is 0.477. The molecule has 0 aromatic heterocycles. The van der Waals surface area contributed by atoms with Gasteiger partial charge in [-0.1, -0.05) is 0 Å². The molecule has 0 aliphatic heterocycles. The second-order valence-corrected chi connectivity index (χ2v) is 3.33. The SMILES string of the molecule is CCON(CCCl)C(C)CCCl. The van der Waals surface area contributed by atoms with Crippen molar-refractivity contribution in [2.24, 2.45) is 0 Å². The summed E-state index contributed by atoms with van der Waals surface area (Å²) in [4.78, 5) is 5.39. The molecule has 0 aromatic rings. The summed E-state index contributed by atoms with van der Waals surface area (Å²) in [6, 6.07) is 0.348. The van der Waals surface area contributed by atoms with Crippen molar-refractivity contribution in [1.29, 1.82) is 0 Å². The van der Waals surface area contributed by atoms with Crippen LogP contribution in [0.3, 0.4) is 0 Å². The fraction of sp³-hybridized carbons (Fsp3) is 1.00. The fourth-order valence-corrected chi connectivity index (χ4v) is 1.45. The van der Waals surface area contributed by atoms with Crippen molar-refractivity contribution in [2.45, 2.75) is 26.3 Å². The van der Waals surface area contributed by atoms with E-state index in [4.69, 9.17) is 28.0 Å². The summed E-state index contributed by atoms with van der Waals surface area (Å²) in [5.74, 6) is 1.25. The molecule has 0 bridgehead atoms. The third kappa shape index (κ3) is 5.20. The molecule has 0 amide bonds. The molecule has 1 unspecified atom stereocenters. The number of halogens is 2. The first-order valence-electron chi connectivity index (χ1n) is 4.27. The van der Waals surface area contributed by atoms with Crippen molar-refractivity contribution >= 4 is 23.2 Å². The normalized spacial score (nSPS) is 13.8. The lowest BCUT2D eigenvalue weighted by atomic mass is 10.2. The van der Waals surface area contributed by atoms with Crippen LogP contribution in [0.25, 0.3) is 0 Å². The van der Waals surface area contributed by atoms with Gasteiger partial charge in [0.05, 0.1) is 6.61 Å². The van der Waals surface area contributed by atoms with E-state index < -0.39 is 0 Å². The largest absolute Gasteiger partial charge is 0.299 e. The Morgan fingerprint density at radius 2 is 2.00 bits per heavy atom. The molecule has 0 aliphatic carbocycles. The zero-order valence-corrected chi connectivity index (χ0v) is 9.24. The molecule has 0 aromatic carbocycles. The number of hydrogen-bond acceptors (Lipinski definition) is 2. The van der Waals surface area contributed by atoms with E-state index in [1.165, 1.54) is 0 Å². The molecule has 0 rings (SSSR count). The van der Waals surface area contributed by atoms with Crippen molar-refractivity contribution in [1.82, 2.24) is 5.06 Å². The van der Waals surface area contributed by atoms with Gasteiger partial charge >= 0.3 is 0 Å². The smallest absolute Gasteiger partial charge is 0.0657 e. The molecule has 0 heterocycles. The summed E-state index contributed by atoms with van der Waals surface area (Å²) < 4.78 is 0. The Morgan fingerprint density at radius 3 is 2.42 bits per heavy atom. The summed E-state index contributed by atoms with van der Waals surface area (Å²) in [7, 11) is 0. The van der Waals surface area contributed by atoms with E-state index in [-0.39, 0.29) is 0 Å². The lowest BCUT2D eigenvalue weighted by molar-refractivity contribution is -0.175. The minimum Gasteiger partial charge on any atom is -0.299 e. The van der Waals surface area contributed by atoms with Crippen LogP contribution in [0.1, 0.15) is 20.3 Å². The van der Waals surface area contributed by atoms with Crippen molar-refractivity contribution in [3.63, 3.8) is 0 Å². The van der Waals surface area contributed by atoms with Crippen LogP contribution in [0, 0.1) is 0 Å². The fourth-order valence-electron chi connectivity index (χ4n) is 0.963. The highest BCUT2D eigenvalue weighted by molar-refractivity contribution is 6.18. The molecular formula is C8H17Cl2NO. The van der Waals surface area contributed by atoms with Crippen LogP contribution in [-0.4, -0.2) is 36.0 Å². The van der Waals surface area contributed by atoms with Crippen LogP contribution in [0.2, 0.25) is 0 Å². The highest BCUT2D eigenvalue weighted by Crippen LogP contribution is 2.05. The van der Waals surface area contributed by atoms with E-state index in [1.807, 2.05) is 12.0 Å². The molecule has 0 aliphatic rings. The molecule has 0 saturated heterocycles. The van der Waals surface area contributed by atoms with E-state index in [2.05, 4.69) is 6.92 Å². The zero-order valence-electron chi connectivity index (χ0n) is 7.72. The van der Waals surface area contributed by atoms with Gasteiger partial charge in [-0.15, -0.1) is 23.2 Å². The summed E-state index contributed by atoms with van der Waals surface area (Å²) in [5, 5.41) is 1.90. The first kappa shape index (κ1) is 12.5. The van der Waals surface area contributed by atoms with Gasteiger partial charge < -0.3 is 0 Å². The van der Waals surface area contributed by atoms with Gasteiger partial charge in [0, 0.05) is 24.3 Å². The average molecular weight is 214 g/mol. The monoisotopic (exact) mass is 213 g/mol. The van der Waals surface area contributed by atoms with Gasteiger partial charge in [-0.2, -0.15) is 5.06 Å². The molecule has 0 spiro atoms. The highest BCUT2D eigenvalue weighted by atomic mass is 35.5. The third-order valence-electron chi connectivity index (χ3n) is 1.62. The topological polar surface area (TPSA) is 12.5 Å². The Morgan fingerprint density at radius 1 is 1.33 bits per heavy atom. The lowest BCUT2D eigenvalue weighted by Crippen LogP contribution is -2.35. The second-order valence-electron chi connectivity index (χ2n) is 2.57. The maximum absolute atomic E-state index is 5.63. The van der Waals surface area contributed by atoms with E-state index >= 15 is 0 Å². The number of hydrogen-bond donors (Lipinski definition) is 0. The van der Waals surface area contributed by atoms with E-state index in [0.29, 0.717) is 24.4 Å². The molecule has 2 nitrogen and oxygen atoms in total. The minimum atomic E-state index is 0.348. The summed E-state index contributed by atoms with van der Waals surface area (Å²) in [6.07, 6.45) is 0.929. The Kier molecular flexibility index (Phi) is 8.45. The lowest BCUT2D eigenvalue weighted by Gasteiger charge is -2.26. The molecule has 0 fully saturated rings. The standard InChI is InChI=1S/C8H17Cl2NO/c1-3-12-11(7-6-10)8(2)4-5-9/h8H,3-7H2,1-2H3. The predicted octanol–water partition coefficient (Wildman–Crippen LogP) is 2.50. The van der Waals surface area contributed by atoms with Crippen LogP contribution in [0.4, 0.5) is 0 Å². The number of hydroxylamine groups is 2. The van der Waals surface area contributed by atoms with Crippen LogP contribution in [-0.2, 0) is 4.84 Å². The molecule has 4 heteroatoms. The van der Waals surface area contributed by atoms with Gasteiger partial charge in [0.15, 0.2) is 0 Å².